The molecule has 0 spiro atoms. The maximum atomic E-state index is 4.48. The molecule has 4 heteroatoms. The van der Waals surface area contributed by atoms with Gasteiger partial charge in [-0.1, -0.05) is 34.4 Å². The summed E-state index contributed by atoms with van der Waals surface area (Å²) >= 11 is 0. The maximum Gasteiger partial charge on any atom is 0.0484 e. The van der Waals surface area contributed by atoms with Crippen LogP contribution in [-0.2, 0) is 0 Å². The summed E-state index contributed by atoms with van der Waals surface area (Å²) in [6, 6.07) is 0. The molecule has 0 unspecified atom stereocenters. The van der Waals surface area contributed by atoms with Gasteiger partial charge in [-0.05, 0) is 37.5 Å². The summed E-state index contributed by atoms with van der Waals surface area (Å²) in [5, 5.41) is 0. The minimum atomic E-state index is 0.809. The normalized spacial score (nSPS) is 21.6. The van der Waals surface area contributed by atoms with Gasteiger partial charge in [0, 0.05) is 37.0 Å². The monoisotopic (exact) mass is 284 g/mol. The third-order valence-electron chi connectivity index (χ3n) is 3.62. The fraction of sp³-hybridized carbons (Fsp3) is 0.857. The van der Waals surface area contributed by atoms with Crippen LogP contribution in [0.4, 0.5) is 0 Å². The van der Waals surface area contributed by atoms with Crippen molar-refractivity contribution in [3.05, 3.63) is 0 Å². The smallest absolute Gasteiger partial charge is 0.0484 e. The SMILES string of the molecule is C(=NCCSSCCN=CC1CCC1)C1CCC1. The van der Waals surface area contributed by atoms with E-state index in [1.807, 2.05) is 21.6 Å². The maximum absolute atomic E-state index is 4.48. The summed E-state index contributed by atoms with van der Waals surface area (Å²) in [4.78, 5) is 8.96. The lowest BCUT2D eigenvalue weighted by Gasteiger charge is -2.20. The quantitative estimate of drug-likeness (QED) is 0.361. The minimum Gasteiger partial charge on any atom is -0.296 e. The van der Waals surface area contributed by atoms with Crippen molar-refractivity contribution >= 4 is 34.0 Å². The van der Waals surface area contributed by atoms with Gasteiger partial charge in [0.1, 0.15) is 0 Å². The summed E-state index contributed by atoms with van der Waals surface area (Å²) in [6.07, 6.45) is 12.6. The van der Waals surface area contributed by atoms with Crippen molar-refractivity contribution in [2.24, 2.45) is 21.8 Å². The van der Waals surface area contributed by atoms with E-state index in [-0.39, 0.29) is 0 Å². The molecule has 0 atom stereocenters. The van der Waals surface area contributed by atoms with Gasteiger partial charge in [-0.15, -0.1) is 0 Å². The Morgan fingerprint density at radius 2 is 1.22 bits per heavy atom. The second kappa shape index (κ2) is 9.03. The van der Waals surface area contributed by atoms with Crippen LogP contribution < -0.4 is 0 Å². The third kappa shape index (κ3) is 5.79. The van der Waals surface area contributed by atoms with Crippen molar-refractivity contribution in [1.29, 1.82) is 0 Å². The molecule has 0 saturated heterocycles. The molecule has 0 amide bonds. The number of aliphatic imine (C=N–C) groups is 2. The van der Waals surface area contributed by atoms with Crippen LogP contribution >= 0.6 is 21.6 Å². The van der Waals surface area contributed by atoms with Crippen LogP contribution in [0, 0.1) is 11.8 Å². The highest BCUT2D eigenvalue weighted by atomic mass is 33.1. The van der Waals surface area contributed by atoms with Gasteiger partial charge >= 0.3 is 0 Å². The number of hydrogen-bond acceptors (Lipinski definition) is 4. The molecular weight excluding hydrogens is 260 g/mol. The zero-order valence-corrected chi connectivity index (χ0v) is 12.7. The summed E-state index contributed by atoms with van der Waals surface area (Å²) in [6.45, 7) is 1.97. The van der Waals surface area contributed by atoms with Gasteiger partial charge in [0.15, 0.2) is 0 Å². The van der Waals surface area contributed by atoms with Crippen molar-refractivity contribution < 1.29 is 0 Å². The number of nitrogens with zero attached hydrogens (tertiary/aromatic N) is 2. The predicted octanol–water partition coefficient (Wildman–Crippen LogP) is 4.11. The van der Waals surface area contributed by atoms with E-state index in [1.54, 1.807) is 0 Å². The van der Waals surface area contributed by atoms with Crippen molar-refractivity contribution in [1.82, 2.24) is 0 Å². The van der Waals surface area contributed by atoms with E-state index >= 15 is 0 Å². The Kier molecular flexibility index (Phi) is 7.24. The Morgan fingerprint density at radius 1 is 0.778 bits per heavy atom. The van der Waals surface area contributed by atoms with Crippen LogP contribution in [-0.4, -0.2) is 37.0 Å². The fourth-order valence-corrected chi connectivity index (χ4v) is 3.67. The zero-order chi connectivity index (χ0) is 12.5. The topological polar surface area (TPSA) is 24.7 Å². The Hall–Kier alpha value is 0.0400. The lowest BCUT2D eigenvalue weighted by atomic mass is 9.87. The van der Waals surface area contributed by atoms with Crippen LogP contribution in [0.2, 0.25) is 0 Å². The Balaban J connectivity index is 1.32. The lowest BCUT2D eigenvalue weighted by Crippen LogP contribution is -2.12. The van der Waals surface area contributed by atoms with Gasteiger partial charge in [0.25, 0.3) is 0 Å². The first-order valence-corrected chi connectivity index (χ1v) is 9.68. The van der Waals surface area contributed by atoms with Crippen molar-refractivity contribution in [3.8, 4) is 0 Å². The molecule has 0 aromatic rings. The highest BCUT2D eigenvalue weighted by Crippen LogP contribution is 2.25. The highest BCUT2D eigenvalue weighted by Gasteiger charge is 2.14. The molecule has 2 rings (SSSR count). The molecule has 0 bridgehead atoms. The molecule has 0 N–H and O–H groups in total. The predicted molar refractivity (Wildman–Crippen MR) is 86.3 cm³/mol. The average molecular weight is 284 g/mol. The summed E-state index contributed by atoms with van der Waals surface area (Å²) in [5.41, 5.74) is 0. The van der Waals surface area contributed by atoms with Crippen LogP contribution in [0.25, 0.3) is 0 Å². The van der Waals surface area contributed by atoms with E-state index in [4.69, 9.17) is 0 Å². The lowest BCUT2D eigenvalue weighted by molar-refractivity contribution is 0.420. The van der Waals surface area contributed by atoms with Gasteiger partial charge < -0.3 is 0 Å². The van der Waals surface area contributed by atoms with Gasteiger partial charge in [0.05, 0.1) is 0 Å². The van der Waals surface area contributed by atoms with Crippen LogP contribution in [0.15, 0.2) is 9.98 Å². The molecule has 2 aliphatic rings. The molecule has 0 aliphatic heterocycles. The van der Waals surface area contributed by atoms with E-state index in [2.05, 4.69) is 22.4 Å². The first-order chi connectivity index (χ1) is 8.95. The van der Waals surface area contributed by atoms with Crippen molar-refractivity contribution in [2.45, 2.75) is 38.5 Å². The van der Waals surface area contributed by atoms with Crippen LogP contribution in [0.5, 0.6) is 0 Å². The van der Waals surface area contributed by atoms with Crippen molar-refractivity contribution in [2.75, 3.05) is 24.6 Å². The average Bonchev–Trinajstić information content (AvgIpc) is 2.26. The minimum absolute atomic E-state index is 0.809. The van der Waals surface area contributed by atoms with E-state index in [0.717, 1.165) is 36.4 Å². The first kappa shape index (κ1) is 14.4. The Morgan fingerprint density at radius 3 is 1.56 bits per heavy atom. The number of hydrogen-bond donors (Lipinski definition) is 0. The van der Waals surface area contributed by atoms with Crippen LogP contribution in [0.1, 0.15) is 38.5 Å². The van der Waals surface area contributed by atoms with Crippen molar-refractivity contribution in [3.63, 3.8) is 0 Å². The Labute approximate surface area is 119 Å². The first-order valence-electron chi connectivity index (χ1n) is 7.19. The summed E-state index contributed by atoms with van der Waals surface area (Å²) < 4.78 is 0. The van der Waals surface area contributed by atoms with E-state index < -0.39 is 0 Å². The molecule has 0 aromatic carbocycles. The zero-order valence-electron chi connectivity index (χ0n) is 11.1. The second-order valence-corrected chi connectivity index (χ2v) is 7.84. The number of rotatable bonds is 9. The Bertz CT molecular complexity index is 243. The molecule has 102 valence electrons. The van der Waals surface area contributed by atoms with Gasteiger partial charge in [0.2, 0.25) is 0 Å². The molecular formula is C14H24N2S2. The van der Waals surface area contributed by atoms with E-state index in [0.29, 0.717) is 0 Å². The standard InChI is InChI=1S/C14H24N2S2/c1-3-13(4-1)11-15-7-9-17-18-10-8-16-12-14-5-2-6-14/h11-14H,1-10H2. The molecule has 2 fully saturated rings. The molecule has 2 aliphatic carbocycles. The van der Waals surface area contributed by atoms with Crippen LogP contribution in [0.3, 0.4) is 0 Å². The molecule has 0 heterocycles. The molecule has 2 saturated carbocycles. The molecule has 0 aromatic heterocycles. The van der Waals surface area contributed by atoms with Gasteiger partial charge in [-0.25, -0.2) is 0 Å². The second-order valence-electron chi connectivity index (χ2n) is 5.14. The third-order valence-corrected chi connectivity index (χ3v) is 5.99. The summed E-state index contributed by atoms with van der Waals surface area (Å²) in [5.74, 6) is 3.90. The van der Waals surface area contributed by atoms with Gasteiger partial charge in [-0.3, -0.25) is 9.98 Å². The molecule has 18 heavy (non-hydrogen) atoms. The largest absolute Gasteiger partial charge is 0.296 e. The highest BCUT2D eigenvalue weighted by molar-refractivity contribution is 8.76. The fourth-order valence-electron chi connectivity index (χ4n) is 1.92. The summed E-state index contributed by atoms with van der Waals surface area (Å²) in [7, 11) is 3.88. The van der Waals surface area contributed by atoms with E-state index in [9.17, 15) is 0 Å². The van der Waals surface area contributed by atoms with Gasteiger partial charge in [-0.2, -0.15) is 0 Å². The van der Waals surface area contributed by atoms with E-state index in [1.165, 1.54) is 38.5 Å². The molecule has 2 nitrogen and oxygen atoms in total. The molecule has 0 radical (unpaired) electrons.